The minimum absolute atomic E-state index is 0.0287. The van der Waals surface area contributed by atoms with E-state index in [0.717, 1.165) is 64.7 Å². The van der Waals surface area contributed by atoms with Crippen LogP contribution >= 0.6 is 11.3 Å². The van der Waals surface area contributed by atoms with Crippen molar-refractivity contribution in [1.82, 2.24) is 0 Å². The summed E-state index contributed by atoms with van der Waals surface area (Å²) in [5, 5.41) is 1.71. The number of anilines is 3. The topological polar surface area (TPSA) is 3.24 Å². The fourth-order valence-corrected chi connectivity index (χ4v) is 9.73. The van der Waals surface area contributed by atoms with E-state index in [1.54, 1.807) is 11.3 Å². The van der Waals surface area contributed by atoms with Crippen molar-refractivity contribution in [3.05, 3.63) is 210 Å². The van der Waals surface area contributed by atoms with E-state index in [9.17, 15) is 5.48 Å². The van der Waals surface area contributed by atoms with Gasteiger partial charge in [0.1, 0.15) is 0 Å². The Hall–Kier alpha value is -6.22. The summed E-state index contributed by atoms with van der Waals surface area (Å²) in [5.41, 5.74) is 8.37. The van der Waals surface area contributed by atoms with E-state index in [2.05, 4.69) is 36.4 Å². The first kappa shape index (κ1) is 21.1. The second-order valence-corrected chi connectivity index (χ2v) is 14.0. The van der Waals surface area contributed by atoms with Crippen LogP contribution in [-0.4, -0.2) is 0 Å². The van der Waals surface area contributed by atoms with E-state index in [-0.39, 0.29) is 23.0 Å². The van der Waals surface area contributed by atoms with Crippen LogP contribution in [0.15, 0.2) is 188 Å². The van der Waals surface area contributed by atoms with Crippen molar-refractivity contribution in [3.63, 3.8) is 0 Å². The average Bonchev–Trinajstić information content (AvgIpc) is 3.91. The largest absolute Gasteiger partial charge is 0.310 e. The smallest absolute Gasteiger partial charge is 0.0726 e. The lowest BCUT2D eigenvalue weighted by Crippen LogP contribution is -2.26. The van der Waals surface area contributed by atoms with Gasteiger partial charge in [-0.15, -0.1) is 11.3 Å². The third-order valence-corrected chi connectivity index (χ3v) is 11.6. The molecule has 8 aromatic carbocycles. The Morgan fingerprint density at radius 1 is 0.431 bits per heavy atom. The summed E-state index contributed by atoms with van der Waals surface area (Å²) >= 11 is 1.58. The summed E-state index contributed by atoms with van der Waals surface area (Å²) in [6.45, 7) is 0. The number of nitrogens with zero attached hydrogens (tertiary/aromatic N) is 1. The van der Waals surface area contributed by atoms with Crippen molar-refractivity contribution >= 4 is 48.6 Å². The first-order valence-corrected chi connectivity index (χ1v) is 17.7. The normalized spacial score (nSPS) is 15.7. The Balaban J connectivity index is 1.30. The van der Waals surface area contributed by atoms with E-state index in [4.69, 9.17) is 6.85 Å². The van der Waals surface area contributed by atoms with E-state index in [1.165, 1.54) is 4.90 Å². The summed E-state index contributed by atoms with van der Waals surface area (Å²) in [5.74, 6) is 0. The Labute approximate surface area is 314 Å². The minimum Gasteiger partial charge on any atom is -0.310 e. The summed E-state index contributed by atoms with van der Waals surface area (Å²) in [4.78, 5) is 1.48. The Bertz CT molecular complexity index is 3260. The molecule has 1 aromatic heterocycles. The molecule has 1 heterocycles. The standard InChI is InChI=1S/C49H31NS/c1-2-15-32(16-3-1)50(45-26-12-7-20-38(45)39-22-14-28-47-48(39)40-21-8-13-27-46(40)51-47)33-29-30-37-36-19-6-11-25-43(36)49(44(37)31-33)41-23-9-4-17-34(41)35-18-5-10-24-42(35)49/h1-31H/i1D,2D,3D,7D,12D,15D,16D,20D,26D. The first-order chi connectivity index (χ1) is 29.0. The number of rotatable bonds is 4. The Morgan fingerprint density at radius 2 is 1.00 bits per heavy atom. The lowest BCUT2D eigenvalue weighted by atomic mass is 9.70. The van der Waals surface area contributed by atoms with Gasteiger partial charge in [-0.25, -0.2) is 0 Å². The van der Waals surface area contributed by atoms with Crippen LogP contribution in [0.25, 0.3) is 53.6 Å². The SMILES string of the molecule is [2H]c1c([2H])c([2H])c(N(c2ccc3c(c2)C2(c4ccccc4-c4ccccc42)c2ccccc2-3)c2c([2H])c([2H])c([2H])c([2H])c2-c2cccc3sc4ccccc4c23)c([2H])c1[2H]. The van der Waals surface area contributed by atoms with E-state index < -0.39 is 53.8 Å². The molecule has 51 heavy (non-hydrogen) atoms. The van der Waals surface area contributed by atoms with Crippen molar-refractivity contribution in [2.45, 2.75) is 5.41 Å². The van der Waals surface area contributed by atoms with Gasteiger partial charge >= 0.3 is 0 Å². The molecule has 0 saturated carbocycles. The monoisotopic (exact) mass is 674 g/mol. The third kappa shape index (κ3) is 3.91. The zero-order chi connectivity index (χ0) is 41.4. The van der Waals surface area contributed by atoms with Crippen LogP contribution < -0.4 is 4.90 Å². The Morgan fingerprint density at radius 3 is 1.73 bits per heavy atom. The molecular weight excluding hydrogens is 635 g/mol. The molecular formula is C49H31NS. The zero-order valence-corrected chi connectivity index (χ0v) is 27.9. The molecule has 0 aliphatic heterocycles. The molecule has 0 atom stereocenters. The number of hydrogen-bond donors (Lipinski definition) is 0. The third-order valence-electron chi connectivity index (χ3n) is 10.5. The summed E-state index contributed by atoms with van der Waals surface area (Å²) in [6.07, 6.45) is 0. The van der Waals surface area contributed by atoms with Gasteiger partial charge < -0.3 is 4.90 Å². The van der Waals surface area contributed by atoms with Crippen LogP contribution in [-0.2, 0) is 5.41 Å². The molecule has 238 valence electrons. The fraction of sp³-hybridized carbons (Fsp3) is 0.0204. The van der Waals surface area contributed by atoms with Gasteiger partial charge in [0, 0.05) is 37.1 Å². The highest BCUT2D eigenvalue weighted by atomic mass is 32.1. The average molecular weight is 675 g/mol. The van der Waals surface area contributed by atoms with Gasteiger partial charge in [-0.1, -0.05) is 145 Å². The maximum Gasteiger partial charge on any atom is 0.0726 e. The van der Waals surface area contributed by atoms with Gasteiger partial charge in [-0.2, -0.15) is 0 Å². The van der Waals surface area contributed by atoms with Gasteiger partial charge in [-0.05, 0) is 92.5 Å². The highest BCUT2D eigenvalue weighted by Gasteiger charge is 2.51. The molecule has 0 fully saturated rings. The van der Waals surface area contributed by atoms with Crippen LogP contribution in [0.4, 0.5) is 17.1 Å². The van der Waals surface area contributed by atoms with Crippen molar-refractivity contribution in [1.29, 1.82) is 0 Å². The van der Waals surface area contributed by atoms with E-state index >= 15 is 0 Å². The predicted molar refractivity (Wildman–Crippen MR) is 216 cm³/mol. The molecule has 2 aliphatic rings. The molecule has 1 nitrogen and oxygen atoms in total. The predicted octanol–water partition coefficient (Wildman–Crippen LogP) is 13.5. The van der Waals surface area contributed by atoms with Gasteiger partial charge in [0.2, 0.25) is 0 Å². The molecule has 0 bridgehead atoms. The van der Waals surface area contributed by atoms with Crippen molar-refractivity contribution in [3.8, 4) is 33.4 Å². The van der Waals surface area contributed by atoms with Crippen molar-refractivity contribution in [2.24, 2.45) is 0 Å². The highest BCUT2D eigenvalue weighted by Crippen LogP contribution is 2.63. The zero-order valence-electron chi connectivity index (χ0n) is 36.1. The van der Waals surface area contributed by atoms with Crippen molar-refractivity contribution in [2.75, 3.05) is 4.90 Å². The highest BCUT2D eigenvalue weighted by molar-refractivity contribution is 7.25. The molecule has 1 spiro atoms. The van der Waals surface area contributed by atoms with E-state index in [1.807, 2.05) is 97.1 Å². The summed E-state index contributed by atoms with van der Waals surface area (Å²) in [6, 6.07) is 40.0. The molecule has 0 N–H and O–H groups in total. The summed E-state index contributed by atoms with van der Waals surface area (Å²) in [7, 11) is 0. The van der Waals surface area contributed by atoms with Crippen molar-refractivity contribution < 1.29 is 12.3 Å². The fourth-order valence-electron chi connectivity index (χ4n) is 8.60. The van der Waals surface area contributed by atoms with Gasteiger partial charge in [-0.3, -0.25) is 0 Å². The number of hydrogen-bond acceptors (Lipinski definition) is 2. The van der Waals surface area contributed by atoms with Crippen LogP contribution in [0, 0.1) is 0 Å². The number of benzene rings is 8. The molecule has 2 aliphatic carbocycles. The van der Waals surface area contributed by atoms with Crippen LogP contribution in [0.1, 0.15) is 34.6 Å². The molecule has 0 unspecified atom stereocenters. The van der Waals surface area contributed by atoms with Crippen LogP contribution in [0.5, 0.6) is 0 Å². The van der Waals surface area contributed by atoms with Gasteiger partial charge in [0.15, 0.2) is 0 Å². The number of para-hydroxylation sites is 2. The lowest BCUT2D eigenvalue weighted by Gasteiger charge is -2.32. The first-order valence-electron chi connectivity index (χ1n) is 21.4. The Kier molecular flexibility index (Phi) is 4.50. The van der Waals surface area contributed by atoms with E-state index in [0.29, 0.717) is 11.3 Å². The maximum absolute atomic E-state index is 9.71. The lowest BCUT2D eigenvalue weighted by molar-refractivity contribution is 0.793. The maximum atomic E-state index is 9.71. The molecule has 0 amide bonds. The van der Waals surface area contributed by atoms with Crippen LogP contribution in [0.3, 0.4) is 0 Å². The van der Waals surface area contributed by atoms with Crippen LogP contribution in [0.2, 0.25) is 0 Å². The summed E-state index contributed by atoms with van der Waals surface area (Å²) < 4.78 is 84.3. The number of fused-ring (bicyclic) bond motifs is 13. The van der Waals surface area contributed by atoms with Gasteiger partial charge in [0.25, 0.3) is 0 Å². The quantitative estimate of drug-likeness (QED) is 0.180. The number of thiophene rings is 1. The van der Waals surface area contributed by atoms with Gasteiger partial charge in [0.05, 0.1) is 23.4 Å². The molecule has 0 saturated heterocycles. The molecule has 0 radical (unpaired) electrons. The molecule has 9 aromatic rings. The second kappa shape index (κ2) is 10.9. The minimum atomic E-state index is -0.791. The molecule has 2 heteroatoms. The second-order valence-electron chi connectivity index (χ2n) is 12.9. The molecule has 11 rings (SSSR count).